The number of imidazole rings is 1. The molecule has 0 unspecified atom stereocenters. The van der Waals surface area contributed by atoms with Crippen molar-refractivity contribution in [1.29, 1.82) is 0 Å². The molecule has 0 aliphatic rings. The lowest BCUT2D eigenvalue weighted by atomic mass is 10.6. The van der Waals surface area contributed by atoms with Crippen molar-refractivity contribution in [2.45, 2.75) is 0 Å². The zero-order valence-electron chi connectivity index (χ0n) is 6.36. The smallest absolute Gasteiger partial charge is 0.234 e. The second-order valence-corrected chi connectivity index (χ2v) is 3.35. The van der Waals surface area contributed by atoms with Gasteiger partial charge in [-0.2, -0.15) is 0 Å². The molecule has 0 spiro atoms. The zero-order chi connectivity index (χ0) is 8.55. The standard InChI is InChI=1S/C7H6IN3O/c1-12-5-2-9-7-10-3-6(8)11(7)4-5/h2-4H,1H3. The number of fused-ring (bicyclic) bond motifs is 1. The molecule has 0 amide bonds. The summed E-state index contributed by atoms with van der Waals surface area (Å²) >= 11 is 2.19. The van der Waals surface area contributed by atoms with Crippen LogP contribution in [0.25, 0.3) is 5.78 Å². The predicted molar refractivity (Wildman–Crippen MR) is 52.3 cm³/mol. The molecule has 0 bridgehead atoms. The molecule has 2 heterocycles. The Labute approximate surface area is 82.7 Å². The van der Waals surface area contributed by atoms with Crippen LogP contribution in [-0.2, 0) is 0 Å². The van der Waals surface area contributed by atoms with Crippen molar-refractivity contribution in [3.63, 3.8) is 0 Å². The summed E-state index contributed by atoms with van der Waals surface area (Å²) in [6.07, 6.45) is 5.28. The van der Waals surface area contributed by atoms with Gasteiger partial charge in [-0.05, 0) is 22.6 Å². The fourth-order valence-electron chi connectivity index (χ4n) is 0.933. The maximum Gasteiger partial charge on any atom is 0.234 e. The van der Waals surface area contributed by atoms with Crippen molar-refractivity contribution in [2.24, 2.45) is 0 Å². The van der Waals surface area contributed by atoms with Gasteiger partial charge in [0.25, 0.3) is 0 Å². The van der Waals surface area contributed by atoms with Crippen LogP contribution < -0.4 is 4.74 Å². The van der Waals surface area contributed by atoms with Crippen LogP contribution in [0.3, 0.4) is 0 Å². The van der Waals surface area contributed by atoms with Crippen LogP contribution in [0, 0.1) is 3.70 Å². The van der Waals surface area contributed by atoms with Crippen LogP contribution in [0.4, 0.5) is 0 Å². The van der Waals surface area contributed by atoms with Crippen molar-refractivity contribution in [3.05, 3.63) is 22.3 Å². The highest BCUT2D eigenvalue weighted by Gasteiger charge is 2.01. The van der Waals surface area contributed by atoms with Gasteiger partial charge in [-0.25, -0.2) is 9.97 Å². The molecule has 0 N–H and O–H groups in total. The number of methoxy groups -OCH3 is 1. The van der Waals surface area contributed by atoms with Crippen molar-refractivity contribution in [1.82, 2.24) is 14.4 Å². The maximum atomic E-state index is 5.03. The zero-order valence-corrected chi connectivity index (χ0v) is 8.52. The molecular formula is C7H6IN3O. The Morgan fingerprint density at radius 3 is 2.92 bits per heavy atom. The van der Waals surface area contributed by atoms with E-state index in [0.717, 1.165) is 9.45 Å². The van der Waals surface area contributed by atoms with E-state index in [0.29, 0.717) is 5.78 Å². The fourth-order valence-corrected chi connectivity index (χ4v) is 1.43. The first-order chi connectivity index (χ1) is 5.81. The fraction of sp³-hybridized carbons (Fsp3) is 0.143. The van der Waals surface area contributed by atoms with Gasteiger partial charge in [-0.3, -0.25) is 4.40 Å². The monoisotopic (exact) mass is 275 g/mol. The first-order valence-corrected chi connectivity index (χ1v) is 4.42. The Morgan fingerprint density at radius 1 is 1.42 bits per heavy atom. The van der Waals surface area contributed by atoms with Gasteiger partial charge in [-0.1, -0.05) is 0 Å². The molecule has 4 nitrogen and oxygen atoms in total. The number of ether oxygens (including phenoxy) is 1. The van der Waals surface area contributed by atoms with Crippen LogP contribution >= 0.6 is 22.6 Å². The Bertz CT molecular complexity index is 412. The van der Waals surface area contributed by atoms with Crippen LogP contribution in [0.2, 0.25) is 0 Å². The Morgan fingerprint density at radius 2 is 2.17 bits per heavy atom. The van der Waals surface area contributed by atoms with Crippen LogP contribution in [0.15, 0.2) is 18.6 Å². The second-order valence-electron chi connectivity index (χ2n) is 2.24. The normalized spacial score (nSPS) is 10.5. The first-order valence-electron chi connectivity index (χ1n) is 3.34. The molecular weight excluding hydrogens is 269 g/mol. The quantitative estimate of drug-likeness (QED) is 0.737. The van der Waals surface area contributed by atoms with Gasteiger partial charge in [-0.15, -0.1) is 0 Å². The third kappa shape index (κ3) is 1.13. The first kappa shape index (κ1) is 7.78. The van der Waals surface area contributed by atoms with E-state index in [1.807, 2.05) is 10.6 Å². The Hall–Kier alpha value is -0.850. The maximum absolute atomic E-state index is 5.03. The third-order valence-electron chi connectivity index (χ3n) is 1.53. The lowest BCUT2D eigenvalue weighted by Gasteiger charge is -1.99. The van der Waals surface area contributed by atoms with Crippen molar-refractivity contribution in [2.75, 3.05) is 7.11 Å². The van der Waals surface area contributed by atoms with E-state index in [2.05, 4.69) is 32.6 Å². The molecule has 62 valence electrons. The van der Waals surface area contributed by atoms with Gasteiger partial charge in [0, 0.05) is 0 Å². The summed E-state index contributed by atoms with van der Waals surface area (Å²) in [6.45, 7) is 0. The van der Waals surface area contributed by atoms with Gasteiger partial charge in [0.15, 0.2) is 5.75 Å². The summed E-state index contributed by atoms with van der Waals surface area (Å²) in [4.78, 5) is 8.18. The summed E-state index contributed by atoms with van der Waals surface area (Å²) in [5.41, 5.74) is 0. The molecule has 5 heteroatoms. The Kier molecular flexibility index (Phi) is 1.87. The average Bonchev–Trinajstić information content (AvgIpc) is 2.47. The lowest BCUT2D eigenvalue weighted by molar-refractivity contribution is 0.410. The van der Waals surface area contributed by atoms with E-state index >= 15 is 0 Å². The molecule has 0 radical (unpaired) electrons. The van der Waals surface area contributed by atoms with Gasteiger partial charge in [0.1, 0.15) is 3.70 Å². The molecule has 0 aliphatic heterocycles. The number of halogens is 1. The summed E-state index contributed by atoms with van der Waals surface area (Å²) in [6, 6.07) is 0. The van der Waals surface area contributed by atoms with E-state index < -0.39 is 0 Å². The number of hydrogen-bond donors (Lipinski definition) is 0. The number of nitrogens with zero attached hydrogens (tertiary/aromatic N) is 3. The molecule has 2 aromatic rings. The highest BCUT2D eigenvalue weighted by Crippen LogP contribution is 2.12. The molecule has 0 aromatic carbocycles. The lowest BCUT2D eigenvalue weighted by Crippen LogP contribution is -1.92. The number of rotatable bonds is 1. The second kappa shape index (κ2) is 2.89. The Balaban J connectivity index is 2.71. The van der Waals surface area contributed by atoms with Crippen LogP contribution in [0.5, 0.6) is 5.75 Å². The summed E-state index contributed by atoms with van der Waals surface area (Å²) < 4.78 is 7.93. The van der Waals surface area contributed by atoms with E-state index in [-0.39, 0.29) is 0 Å². The summed E-state index contributed by atoms with van der Waals surface area (Å²) in [5, 5.41) is 0. The van der Waals surface area contributed by atoms with Crippen LogP contribution in [0.1, 0.15) is 0 Å². The van der Waals surface area contributed by atoms with Gasteiger partial charge < -0.3 is 4.74 Å². The molecule has 0 aliphatic carbocycles. The minimum absolute atomic E-state index is 0.695. The van der Waals surface area contributed by atoms with Crippen LogP contribution in [-0.4, -0.2) is 21.5 Å². The molecule has 0 fully saturated rings. The van der Waals surface area contributed by atoms with E-state index in [1.54, 1.807) is 19.5 Å². The average molecular weight is 275 g/mol. The highest BCUT2D eigenvalue weighted by atomic mass is 127. The molecule has 0 atom stereocenters. The topological polar surface area (TPSA) is 39.4 Å². The van der Waals surface area contributed by atoms with Crippen molar-refractivity contribution >= 4 is 28.4 Å². The molecule has 0 saturated carbocycles. The van der Waals surface area contributed by atoms with E-state index in [4.69, 9.17) is 4.74 Å². The summed E-state index contributed by atoms with van der Waals surface area (Å²) in [5.74, 6) is 1.43. The SMILES string of the molecule is COc1cnc2ncc(I)n2c1. The highest BCUT2D eigenvalue weighted by molar-refractivity contribution is 14.1. The number of hydrogen-bond acceptors (Lipinski definition) is 3. The minimum atomic E-state index is 0.695. The van der Waals surface area contributed by atoms with Crippen molar-refractivity contribution < 1.29 is 4.74 Å². The van der Waals surface area contributed by atoms with Gasteiger partial charge >= 0.3 is 0 Å². The van der Waals surface area contributed by atoms with Gasteiger partial charge in [0.2, 0.25) is 5.78 Å². The predicted octanol–water partition coefficient (Wildman–Crippen LogP) is 1.34. The molecule has 0 saturated heterocycles. The molecule has 12 heavy (non-hydrogen) atoms. The van der Waals surface area contributed by atoms with Crippen molar-refractivity contribution in [3.8, 4) is 5.75 Å². The van der Waals surface area contributed by atoms with E-state index in [1.165, 1.54) is 0 Å². The molecule has 2 rings (SSSR count). The largest absolute Gasteiger partial charge is 0.494 e. The number of aromatic nitrogens is 3. The third-order valence-corrected chi connectivity index (χ3v) is 2.33. The van der Waals surface area contributed by atoms with E-state index in [9.17, 15) is 0 Å². The summed E-state index contributed by atoms with van der Waals surface area (Å²) in [7, 11) is 1.62. The van der Waals surface area contributed by atoms with Gasteiger partial charge in [0.05, 0.1) is 25.7 Å². The minimum Gasteiger partial charge on any atom is -0.494 e. The molecule has 2 aromatic heterocycles.